The molecule has 0 unspecified atom stereocenters. The molecule has 1 aliphatic rings. The number of anilines is 2. The lowest BCUT2D eigenvalue weighted by Gasteiger charge is -2.15. The van der Waals surface area contributed by atoms with Gasteiger partial charge in [0.2, 0.25) is 23.7 Å². The molecular weight excluding hydrogens is 704 g/mol. The molecule has 4 aromatic heterocycles. The standard InChI is InChI=1S/C38H44N12O5/c1-5-49-29(15-21(3)45-49)35(53)43-37-41-26-17-24(33(39)51)11-12-28(26)47(37)13-7-8-14-48-32-27(18-25(34(40)52)19-31(32)55-20-23-9-10-23)42-38(48)44-36(54)30-16-22(4)46-50(30)6-2/h11-12,15-19,23H,5-10,13-14,20H2,1-4H3,(H2,39,51)(H2,40,52)(H,41,43,53)(H,42,44,54). The largest absolute Gasteiger partial charge is 0.491 e. The Morgan fingerprint density at radius 2 is 1.29 bits per heavy atom. The molecule has 4 heterocycles. The summed E-state index contributed by atoms with van der Waals surface area (Å²) in [4.78, 5) is 60.9. The van der Waals surface area contributed by atoms with Gasteiger partial charge in [0, 0.05) is 37.3 Å². The number of primary amides is 2. The van der Waals surface area contributed by atoms with E-state index in [1.165, 1.54) is 0 Å². The van der Waals surface area contributed by atoms with E-state index in [0.717, 1.165) is 12.8 Å². The Morgan fingerprint density at radius 1 is 0.745 bits per heavy atom. The molecule has 7 rings (SSSR count). The number of nitrogens with two attached hydrogens (primary N) is 2. The monoisotopic (exact) mass is 748 g/mol. The summed E-state index contributed by atoms with van der Waals surface area (Å²) < 4.78 is 13.3. The van der Waals surface area contributed by atoms with Crippen LogP contribution >= 0.6 is 0 Å². The average molecular weight is 749 g/mol. The fraction of sp³-hybridized carbons (Fsp3) is 0.368. The number of fused-ring (bicyclic) bond motifs is 2. The summed E-state index contributed by atoms with van der Waals surface area (Å²) in [5.74, 6) is -0.471. The van der Waals surface area contributed by atoms with Crippen molar-refractivity contribution in [3.63, 3.8) is 0 Å². The number of rotatable bonds is 16. The number of aromatic nitrogens is 8. The van der Waals surface area contributed by atoms with Crippen molar-refractivity contribution in [3.8, 4) is 5.75 Å². The van der Waals surface area contributed by atoms with Gasteiger partial charge in [-0.3, -0.25) is 39.2 Å². The molecule has 0 aliphatic heterocycles. The van der Waals surface area contributed by atoms with E-state index in [1.54, 1.807) is 51.8 Å². The molecule has 0 saturated heterocycles. The Kier molecular flexibility index (Phi) is 10.1. The number of hydrogen-bond donors (Lipinski definition) is 4. The number of hydrogen-bond acceptors (Lipinski definition) is 9. The van der Waals surface area contributed by atoms with E-state index in [9.17, 15) is 19.2 Å². The number of ether oxygens (including phenoxy) is 1. The lowest BCUT2D eigenvalue weighted by Crippen LogP contribution is -2.20. The lowest BCUT2D eigenvalue weighted by molar-refractivity contribution is 0.0992. The molecule has 4 amide bonds. The van der Waals surface area contributed by atoms with Gasteiger partial charge < -0.3 is 25.3 Å². The molecule has 286 valence electrons. The van der Waals surface area contributed by atoms with Crippen LogP contribution in [0.3, 0.4) is 0 Å². The Bertz CT molecular complexity index is 2470. The normalized spacial score (nSPS) is 12.7. The van der Waals surface area contributed by atoms with Gasteiger partial charge in [-0.05, 0) is 102 Å². The van der Waals surface area contributed by atoms with Crippen LogP contribution in [-0.2, 0) is 26.2 Å². The maximum absolute atomic E-state index is 13.7. The topological polar surface area (TPSA) is 225 Å². The Morgan fingerprint density at radius 3 is 1.85 bits per heavy atom. The van der Waals surface area contributed by atoms with Crippen LogP contribution in [0.4, 0.5) is 11.9 Å². The number of unbranched alkanes of at least 4 members (excludes halogenated alkanes) is 1. The summed E-state index contributed by atoms with van der Waals surface area (Å²) in [5.41, 5.74) is 16.3. The van der Waals surface area contributed by atoms with E-state index < -0.39 is 11.8 Å². The van der Waals surface area contributed by atoms with Gasteiger partial charge in [0.25, 0.3) is 11.8 Å². The third-order valence-corrected chi connectivity index (χ3v) is 9.63. The Balaban J connectivity index is 1.20. The molecular formula is C38H44N12O5. The minimum atomic E-state index is -0.617. The quantitative estimate of drug-likeness (QED) is 0.103. The molecule has 17 heteroatoms. The Labute approximate surface area is 316 Å². The highest BCUT2D eigenvalue weighted by Gasteiger charge is 2.26. The first-order valence-corrected chi connectivity index (χ1v) is 18.4. The van der Waals surface area contributed by atoms with E-state index in [1.807, 2.05) is 36.8 Å². The van der Waals surface area contributed by atoms with Crippen molar-refractivity contribution in [1.29, 1.82) is 0 Å². The summed E-state index contributed by atoms with van der Waals surface area (Å²) >= 11 is 0. The third kappa shape index (κ3) is 7.63. The highest BCUT2D eigenvalue weighted by Crippen LogP contribution is 2.35. The SMILES string of the molecule is CCn1nc(C)cc1C(=O)Nc1nc2cc(C(N)=O)ccc2n1CCCCn1c(NC(=O)c2cc(C)nn2CC)nc2cc(C(N)=O)cc(OCC3CC3)c21. The molecule has 0 bridgehead atoms. The number of carbonyl (C=O) groups excluding carboxylic acids is 4. The zero-order valence-electron chi connectivity index (χ0n) is 31.3. The predicted octanol–water partition coefficient (Wildman–Crippen LogP) is 4.41. The number of aryl methyl sites for hydroxylation is 6. The Hall–Kier alpha value is -6.52. The molecule has 0 radical (unpaired) electrons. The first-order valence-electron chi connectivity index (χ1n) is 18.4. The van der Waals surface area contributed by atoms with Gasteiger partial charge in [0.15, 0.2) is 0 Å². The second kappa shape index (κ2) is 15.1. The van der Waals surface area contributed by atoms with Crippen molar-refractivity contribution in [2.45, 2.75) is 79.6 Å². The van der Waals surface area contributed by atoms with Crippen LogP contribution in [0.5, 0.6) is 5.75 Å². The molecule has 6 aromatic rings. The molecule has 1 saturated carbocycles. The maximum atomic E-state index is 13.7. The molecule has 1 aliphatic carbocycles. The number of imidazole rings is 2. The second-order valence-corrected chi connectivity index (χ2v) is 13.8. The zero-order valence-corrected chi connectivity index (χ0v) is 31.3. The predicted molar refractivity (Wildman–Crippen MR) is 205 cm³/mol. The van der Waals surface area contributed by atoms with Crippen molar-refractivity contribution in [3.05, 3.63) is 76.4 Å². The first kappa shape index (κ1) is 36.8. The highest BCUT2D eigenvalue weighted by molar-refractivity contribution is 6.05. The van der Waals surface area contributed by atoms with Crippen LogP contribution < -0.4 is 26.8 Å². The van der Waals surface area contributed by atoms with E-state index in [2.05, 4.69) is 25.8 Å². The maximum Gasteiger partial charge on any atom is 0.276 e. The summed E-state index contributed by atoms with van der Waals surface area (Å²) in [6.07, 6.45) is 3.33. The summed E-state index contributed by atoms with van der Waals surface area (Å²) in [5, 5.41) is 14.7. The molecule has 55 heavy (non-hydrogen) atoms. The van der Waals surface area contributed by atoms with Crippen molar-refractivity contribution in [2.75, 3.05) is 17.2 Å². The van der Waals surface area contributed by atoms with E-state index >= 15 is 0 Å². The summed E-state index contributed by atoms with van der Waals surface area (Å²) in [6, 6.07) is 11.7. The van der Waals surface area contributed by atoms with Gasteiger partial charge in [0.05, 0.1) is 34.5 Å². The molecule has 17 nitrogen and oxygen atoms in total. The molecule has 0 spiro atoms. The molecule has 6 N–H and O–H groups in total. The van der Waals surface area contributed by atoms with E-state index in [0.29, 0.717) is 114 Å². The van der Waals surface area contributed by atoms with Gasteiger partial charge in [-0.2, -0.15) is 10.2 Å². The van der Waals surface area contributed by atoms with Crippen molar-refractivity contribution < 1.29 is 23.9 Å². The van der Waals surface area contributed by atoms with Crippen molar-refractivity contribution >= 4 is 57.6 Å². The van der Waals surface area contributed by atoms with Gasteiger partial charge in [0.1, 0.15) is 22.7 Å². The van der Waals surface area contributed by atoms with E-state index in [4.69, 9.17) is 21.2 Å². The minimum absolute atomic E-state index is 0.249. The zero-order chi connectivity index (χ0) is 39.0. The van der Waals surface area contributed by atoms with E-state index in [-0.39, 0.29) is 23.3 Å². The third-order valence-electron chi connectivity index (χ3n) is 9.63. The number of carbonyl (C=O) groups is 4. The molecule has 0 atom stereocenters. The van der Waals surface area contributed by atoms with Crippen LogP contribution in [0.1, 0.15) is 92.6 Å². The van der Waals surface area contributed by atoms with Crippen LogP contribution in [0.15, 0.2) is 42.5 Å². The molecule has 2 aromatic carbocycles. The van der Waals surface area contributed by atoms with Gasteiger partial charge >= 0.3 is 0 Å². The summed E-state index contributed by atoms with van der Waals surface area (Å²) in [6.45, 7) is 9.81. The smallest absolute Gasteiger partial charge is 0.276 e. The fourth-order valence-electron chi connectivity index (χ4n) is 6.70. The van der Waals surface area contributed by atoms with Crippen LogP contribution in [0.25, 0.3) is 22.1 Å². The van der Waals surface area contributed by atoms with Gasteiger partial charge in [-0.15, -0.1) is 0 Å². The van der Waals surface area contributed by atoms with Gasteiger partial charge in [-0.25, -0.2) is 9.97 Å². The highest BCUT2D eigenvalue weighted by atomic mass is 16.5. The van der Waals surface area contributed by atoms with Gasteiger partial charge in [-0.1, -0.05) is 0 Å². The summed E-state index contributed by atoms with van der Waals surface area (Å²) in [7, 11) is 0. The van der Waals surface area contributed by atoms with Crippen LogP contribution in [-0.4, -0.2) is 68.9 Å². The van der Waals surface area contributed by atoms with Crippen molar-refractivity contribution in [2.24, 2.45) is 17.4 Å². The fourth-order valence-corrected chi connectivity index (χ4v) is 6.70. The first-order chi connectivity index (χ1) is 26.4. The van der Waals surface area contributed by atoms with Crippen molar-refractivity contribution in [1.82, 2.24) is 38.7 Å². The number of nitrogens with one attached hydrogen (secondary N) is 2. The van der Waals surface area contributed by atoms with Crippen LogP contribution in [0, 0.1) is 19.8 Å². The van der Waals surface area contributed by atoms with Crippen LogP contribution in [0.2, 0.25) is 0 Å². The average Bonchev–Trinajstić information content (AvgIpc) is 3.44. The molecule has 1 fully saturated rings. The number of benzene rings is 2. The lowest BCUT2D eigenvalue weighted by atomic mass is 10.1. The number of amides is 4. The number of nitrogens with zero attached hydrogens (tertiary/aromatic N) is 8. The second-order valence-electron chi connectivity index (χ2n) is 13.8. The minimum Gasteiger partial charge on any atom is -0.491 e.